The van der Waals surface area contributed by atoms with Gasteiger partial charge in [-0.25, -0.2) is 9.59 Å². The number of carbonyl (C=O) groups is 8. The maximum Gasteiger partial charge on any atom is 0.328 e. The van der Waals surface area contributed by atoms with Crippen molar-refractivity contribution in [2.75, 3.05) is 53.5 Å². The van der Waals surface area contributed by atoms with Crippen molar-refractivity contribution in [3.8, 4) is 0 Å². The van der Waals surface area contributed by atoms with Crippen LogP contribution in [0.25, 0.3) is 0 Å². The minimum absolute atomic E-state index is 0.0818. The Hall–Kier alpha value is -5.70. The average Bonchev–Trinajstić information content (AvgIpc) is 3.19. The molecule has 2 aliphatic heterocycles. The van der Waals surface area contributed by atoms with Gasteiger partial charge in [0.2, 0.25) is 35.4 Å². The number of amides is 6. The Morgan fingerprint density at radius 3 is 1.34 bits per heavy atom. The molecule has 59 heavy (non-hydrogen) atoms. The summed E-state index contributed by atoms with van der Waals surface area (Å²) >= 11 is 0. The molecule has 22 nitrogen and oxygen atoms in total. The Morgan fingerprint density at radius 2 is 0.983 bits per heavy atom. The maximum atomic E-state index is 13.1. The van der Waals surface area contributed by atoms with E-state index in [9.17, 15) is 38.4 Å². The molecule has 12 N–H and O–H groups in total. The second kappa shape index (κ2) is 27.1. The van der Waals surface area contributed by atoms with Crippen LogP contribution in [-0.2, 0) is 47.8 Å². The van der Waals surface area contributed by atoms with Gasteiger partial charge in [-0.1, -0.05) is 19.3 Å². The summed E-state index contributed by atoms with van der Waals surface area (Å²) < 4.78 is 9.56. The fraction of sp³-hybridized carbons (Fsp3) is 0.730. The third kappa shape index (κ3) is 19.5. The van der Waals surface area contributed by atoms with Gasteiger partial charge in [-0.2, -0.15) is 0 Å². The fourth-order valence-electron chi connectivity index (χ4n) is 6.71. The molecule has 0 aliphatic carbocycles. The third-order valence-electron chi connectivity index (χ3n) is 9.74. The second-order valence-electron chi connectivity index (χ2n) is 14.5. The number of hydrogen-bond donors (Lipinski definition) is 8. The number of guanidine groups is 2. The van der Waals surface area contributed by atoms with Crippen LogP contribution in [0.15, 0.2) is 9.98 Å². The molecule has 0 radical (unpaired) electrons. The van der Waals surface area contributed by atoms with Gasteiger partial charge >= 0.3 is 11.9 Å². The van der Waals surface area contributed by atoms with Crippen LogP contribution in [0.1, 0.15) is 96.3 Å². The molecular weight excluding hydrogens is 772 g/mol. The smallest absolute Gasteiger partial charge is 0.328 e. The quantitative estimate of drug-likeness (QED) is 0.0191. The number of nitrogens with zero attached hydrogens (tertiary/aromatic N) is 4. The van der Waals surface area contributed by atoms with Crippen LogP contribution in [0.5, 0.6) is 0 Å². The number of unbranched alkanes of at least 4 members (excludes halogenated alkanes) is 4. The minimum Gasteiger partial charge on any atom is -0.467 e. The van der Waals surface area contributed by atoms with Gasteiger partial charge in [0.05, 0.1) is 27.3 Å². The molecule has 22 heteroatoms. The lowest BCUT2D eigenvalue weighted by Crippen LogP contribution is -2.55. The topological polar surface area (TPSA) is 338 Å². The number of methoxy groups -OCH3 is 2. The lowest BCUT2D eigenvalue weighted by atomic mass is 10.0. The van der Waals surface area contributed by atoms with E-state index >= 15 is 0 Å². The summed E-state index contributed by atoms with van der Waals surface area (Å²) in [5, 5.41) is 10.8. The number of aliphatic imine (C=N–C) groups is 2. The van der Waals surface area contributed by atoms with Crippen molar-refractivity contribution in [1.29, 1.82) is 0 Å². The number of likely N-dealkylation sites (tertiary alicyclic amines) is 2. The number of ether oxygens (including phenoxy) is 2. The zero-order valence-corrected chi connectivity index (χ0v) is 34.3. The molecule has 0 bridgehead atoms. The van der Waals surface area contributed by atoms with E-state index in [1.807, 2.05) is 0 Å². The zero-order chi connectivity index (χ0) is 43.7. The molecular formula is C37H64N12O10. The van der Waals surface area contributed by atoms with E-state index in [4.69, 9.17) is 32.4 Å². The van der Waals surface area contributed by atoms with Crippen LogP contribution >= 0.6 is 0 Å². The molecule has 2 fully saturated rings. The third-order valence-corrected chi connectivity index (χ3v) is 9.74. The first-order valence-electron chi connectivity index (χ1n) is 20.2. The maximum absolute atomic E-state index is 13.1. The largest absolute Gasteiger partial charge is 0.467 e. The van der Waals surface area contributed by atoms with E-state index in [-0.39, 0.29) is 87.4 Å². The molecule has 0 spiro atoms. The number of esters is 2. The monoisotopic (exact) mass is 836 g/mol. The van der Waals surface area contributed by atoms with E-state index in [0.29, 0.717) is 64.5 Å². The van der Waals surface area contributed by atoms with Crippen molar-refractivity contribution in [3.63, 3.8) is 0 Å². The van der Waals surface area contributed by atoms with Gasteiger partial charge in [0.15, 0.2) is 11.9 Å². The minimum atomic E-state index is -0.931. The Balaban J connectivity index is 1.66. The number of carbonyl (C=O) groups excluding carboxylic acids is 8. The van der Waals surface area contributed by atoms with Gasteiger partial charge in [-0.3, -0.25) is 38.8 Å². The van der Waals surface area contributed by atoms with Crippen LogP contribution < -0.4 is 44.2 Å². The molecule has 6 amide bonds. The molecule has 2 saturated heterocycles. The van der Waals surface area contributed by atoms with Crippen molar-refractivity contribution in [2.24, 2.45) is 32.9 Å². The first kappa shape index (κ1) is 49.4. The molecule has 0 aromatic rings. The van der Waals surface area contributed by atoms with Gasteiger partial charge in [0, 0.05) is 39.0 Å². The van der Waals surface area contributed by atoms with Crippen LogP contribution in [0.3, 0.4) is 0 Å². The standard InChI is InChI=1S/C37H64N12O10/c1-58-34(56)26(12-8-18-42-36(38)39)46-30(52)22-48-20-10-14-24(32(48)54)44-28(50)16-6-4-3-5-7-17-29(51)45-25-15-11-21-49(33(25)55)23-31(53)47-27(35(57)59-2)13-9-19-43-37(40)41/h24-27H,3-23H2,1-2H3,(H,44,50)(H,45,51)(H,46,52)(H,47,53)(H4,38,39,42)(H4,40,41,43)/t24?,25?,26-,27-/m0/s1. The van der Waals surface area contributed by atoms with Crippen LogP contribution in [0.2, 0.25) is 0 Å². The van der Waals surface area contributed by atoms with Crippen LogP contribution in [0, 0.1) is 0 Å². The van der Waals surface area contributed by atoms with Gasteiger partial charge in [0.1, 0.15) is 24.2 Å². The van der Waals surface area contributed by atoms with Crippen LogP contribution in [-0.4, -0.2) is 147 Å². The molecule has 2 unspecified atom stereocenters. The normalized spacial score (nSPS) is 17.5. The van der Waals surface area contributed by atoms with E-state index in [1.165, 1.54) is 24.0 Å². The highest BCUT2D eigenvalue weighted by molar-refractivity contribution is 5.93. The molecule has 2 rings (SSSR count). The highest BCUT2D eigenvalue weighted by Crippen LogP contribution is 2.15. The summed E-state index contributed by atoms with van der Waals surface area (Å²) in [4.78, 5) is 112. The van der Waals surface area contributed by atoms with Crippen molar-refractivity contribution < 1.29 is 47.8 Å². The van der Waals surface area contributed by atoms with Crippen molar-refractivity contribution in [1.82, 2.24) is 31.1 Å². The summed E-state index contributed by atoms with van der Waals surface area (Å²) in [5.74, 6) is -3.77. The summed E-state index contributed by atoms with van der Waals surface area (Å²) in [6, 6.07) is -3.37. The Kier molecular flexibility index (Phi) is 22.7. The van der Waals surface area contributed by atoms with Gasteiger partial charge in [-0.15, -0.1) is 0 Å². The summed E-state index contributed by atoms with van der Waals surface area (Å²) in [7, 11) is 2.42. The predicted molar refractivity (Wildman–Crippen MR) is 216 cm³/mol. The number of rotatable bonds is 26. The van der Waals surface area contributed by atoms with E-state index in [1.54, 1.807) is 0 Å². The number of nitrogens with one attached hydrogen (secondary N) is 4. The second-order valence-corrected chi connectivity index (χ2v) is 14.5. The Morgan fingerprint density at radius 1 is 0.610 bits per heavy atom. The molecule has 0 aromatic heterocycles. The molecule has 2 aliphatic rings. The van der Waals surface area contributed by atoms with Crippen LogP contribution in [0.4, 0.5) is 0 Å². The molecule has 0 aromatic carbocycles. The van der Waals surface area contributed by atoms with E-state index in [2.05, 4.69) is 31.3 Å². The van der Waals surface area contributed by atoms with Crippen molar-refractivity contribution in [2.45, 2.75) is 120 Å². The lowest BCUT2D eigenvalue weighted by molar-refractivity contribution is -0.146. The van der Waals surface area contributed by atoms with Gasteiger partial charge in [-0.05, 0) is 64.2 Å². The number of nitrogens with two attached hydrogens (primary N) is 4. The Labute approximate surface area is 344 Å². The van der Waals surface area contributed by atoms with Crippen molar-refractivity contribution in [3.05, 3.63) is 0 Å². The van der Waals surface area contributed by atoms with E-state index < -0.39 is 47.9 Å². The lowest BCUT2D eigenvalue weighted by Gasteiger charge is -2.32. The first-order valence-corrected chi connectivity index (χ1v) is 20.2. The average molecular weight is 837 g/mol. The highest BCUT2D eigenvalue weighted by atomic mass is 16.5. The van der Waals surface area contributed by atoms with Gasteiger partial charge in [0.25, 0.3) is 0 Å². The molecule has 2 heterocycles. The SMILES string of the molecule is COC(=O)[C@H](CCCN=C(N)N)NC(=O)CN1CCCC(NC(=O)CCCCCCCC(=O)NC2CCCN(CC(=O)N[C@@H](CCCN=C(N)N)C(=O)OC)C2=O)C1=O. The summed E-state index contributed by atoms with van der Waals surface area (Å²) in [6.45, 7) is 0.661. The van der Waals surface area contributed by atoms with Crippen molar-refractivity contribution >= 4 is 59.3 Å². The Bertz CT molecular complexity index is 1390. The fourth-order valence-corrected chi connectivity index (χ4v) is 6.71. The predicted octanol–water partition coefficient (Wildman–Crippen LogP) is -2.65. The van der Waals surface area contributed by atoms with Gasteiger partial charge < -0.3 is 63.5 Å². The first-order chi connectivity index (χ1) is 28.1. The molecule has 4 atom stereocenters. The summed E-state index contributed by atoms with van der Waals surface area (Å²) in [6.07, 6.45) is 7.21. The van der Waals surface area contributed by atoms with E-state index in [0.717, 1.165) is 19.3 Å². The highest BCUT2D eigenvalue weighted by Gasteiger charge is 2.33. The number of piperidine rings is 2. The number of hydrogen-bond acceptors (Lipinski definition) is 12. The zero-order valence-electron chi connectivity index (χ0n) is 34.3. The molecule has 332 valence electrons. The summed E-state index contributed by atoms with van der Waals surface area (Å²) in [5.41, 5.74) is 21.3. The molecule has 0 saturated carbocycles.